The monoisotopic (exact) mass is 688 g/mol. The van der Waals surface area contributed by atoms with Crippen molar-refractivity contribution in [1.82, 2.24) is 10.6 Å². The van der Waals surface area contributed by atoms with Crippen LogP contribution in [-0.4, -0.2) is 93.4 Å². The molecule has 4 fully saturated rings. The summed E-state index contributed by atoms with van der Waals surface area (Å²) < 4.78 is 12.3. The maximum atomic E-state index is 14.3. The molecule has 0 aromatic carbocycles. The molecule has 49 heavy (non-hydrogen) atoms. The first-order chi connectivity index (χ1) is 23.6. The van der Waals surface area contributed by atoms with Crippen LogP contribution in [-0.2, 0) is 23.9 Å². The number of allylic oxidation sites excluding steroid dienone is 1. The lowest BCUT2D eigenvalue weighted by atomic mass is 9.61. The van der Waals surface area contributed by atoms with Crippen molar-refractivity contribution in [3.8, 4) is 0 Å². The van der Waals surface area contributed by atoms with Crippen LogP contribution in [0.2, 0.25) is 0 Å². The van der Waals surface area contributed by atoms with Crippen molar-refractivity contribution < 1.29 is 44.8 Å². The number of likely N-dealkylation sites (N-methyl/N-ethyl adjacent to an activating group) is 1. The van der Waals surface area contributed by atoms with Crippen molar-refractivity contribution in [1.29, 1.82) is 0 Å². The Balaban J connectivity index is 1.34. The number of quaternary nitrogens is 3. The highest BCUT2D eigenvalue weighted by molar-refractivity contribution is 6.23. The third-order valence-electron chi connectivity index (χ3n) is 12.1. The van der Waals surface area contributed by atoms with E-state index in [9.17, 15) is 14.4 Å². The number of rotatable bonds is 15. The van der Waals surface area contributed by atoms with Crippen LogP contribution in [0.1, 0.15) is 85.0 Å². The van der Waals surface area contributed by atoms with Gasteiger partial charge in [0.2, 0.25) is 0 Å². The molecule has 3 aliphatic carbocycles. The van der Waals surface area contributed by atoms with Crippen LogP contribution in [0.4, 0.5) is 0 Å². The minimum Gasteiger partial charge on any atom is -0.463 e. The molecule has 274 valence electrons. The van der Waals surface area contributed by atoms with Gasteiger partial charge in [-0.15, -0.1) is 0 Å². The van der Waals surface area contributed by atoms with Crippen molar-refractivity contribution in [3.05, 3.63) is 23.8 Å². The Morgan fingerprint density at radius 2 is 1.94 bits per heavy atom. The van der Waals surface area contributed by atoms with Crippen molar-refractivity contribution in [2.24, 2.45) is 35.3 Å². The zero-order valence-electron chi connectivity index (χ0n) is 30.6. The number of hydrogen-bond acceptors (Lipinski definition) is 6. The fourth-order valence-electron chi connectivity index (χ4n) is 9.21. The summed E-state index contributed by atoms with van der Waals surface area (Å²) in [6.45, 7) is 9.40. The normalized spacial score (nSPS) is 36.9. The molecule has 0 radical (unpaired) electrons. The Bertz CT molecular complexity index is 1290. The number of guanidine groups is 1. The van der Waals surface area contributed by atoms with Crippen LogP contribution in [0.5, 0.6) is 0 Å². The van der Waals surface area contributed by atoms with E-state index in [1.807, 2.05) is 6.08 Å². The Hall–Kier alpha value is -2.64. The molecule has 12 nitrogen and oxygen atoms in total. The molecule has 10 atom stereocenters. The van der Waals surface area contributed by atoms with Gasteiger partial charge in [-0.1, -0.05) is 37.5 Å². The van der Waals surface area contributed by atoms with Crippen molar-refractivity contribution in [2.45, 2.75) is 114 Å². The average Bonchev–Trinajstić information content (AvgIpc) is 3.83. The molecule has 5 rings (SSSR count). The van der Waals surface area contributed by atoms with E-state index in [4.69, 9.17) is 15.2 Å². The summed E-state index contributed by atoms with van der Waals surface area (Å²) in [4.78, 5) is 45.7. The molecule has 0 bridgehead atoms. The van der Waals surface area contributed by atoms with Gasteiger partial charge in [0.05, 0.1) is 33.2 Å². The van der Waals surface area contributed by atoms with Crippen molar-refractivity contribution in [2.75, 3.05) is 40.5 Å². The molecular weight excluding hydrogens is 622 g/mol. The van der Waals surface area contributed by atoms with Gasteiger partial charge in [0.1, 0.15) is 25.5 Å². The third kappa shape index (κ3) is 7.83. The first-order valence-electron chi connectivity index (χ1n) is 19.2. The largest absolute Gasteiger partial charge is 0.463 e. The summed E-state index contributed by atoms with van der Waals surface area (Å²) in [6.07, 6.45) is 14.9. The van der Waals surface area contributed by atoms with E-state index in [1.54, 1.807) is 7.05 Å². The molecule has 5 aliphatic rings. The quantitative estimate of drug-likeness (QED) is 0.0184. The number of fused-ring (bicyclic) bond motifs is 2. The Labute approximate surface area is 292 Å². The summed E-state index contributed by atoms with van der Waals surface area (Å²) in [7, 11) is 3.86. The lowest BCUT2D eigenvalue weighted by molar-refractivity contribution is -0.717. The van der Waals surface area contributed by atoms with Crippen LogP contribution in [0.3, 0.4) is 0 Å². The van der Waals surface area contributed by atoms with Gasteiger partial charge in [-0.05, 0) is 51.5 Å². The average molecular weight is 688 g/mol. The van der Waals surface area contributed by atoms with Gasteiger partial charge >= 0.3 is 11.9 Å². The van der Waals surface area contributed by atoms with E-state index in [0.717, 1.165) is 63.9 Å². The van der Waals surface area contributed by atoms with Crippen molar-refractivity contribution >= 4 is 23.5 Å². The predicted octanol–water partition coefficient (Wildman–Crippen LogP) is -2.70. The van der Waals surface area contributed by atoms with Crippen LogP contribution in [0, 0.1) is 29.6 Å². The maximum absolute atomic E-state index is 14.3. The second kappa shape index (κ2) is 16.6. The Morgan fingerprint density at radius 1 is 1.18 bits per heavy atom. The highest BCUT2D eigenvalue weighted by atomic mass is 16.7. The number of epoxide rings is 1. The number of piperidine rings is 1. The number of carbonyl (C=O) groups excluding carboxylic acids is 3. The zero-order chi connectivity index (χ0) is 35.2. The fourth-order valence-corrected chi connectivity index (χ4v) is 9.21. The molecule has 12 heteroatoms. The lowest BCUT2D eigenvalue weighted by Gasteiger charge is -2.37. The van der Waals surface area contributed by atoms with E-state index in [-0.39, 0.29) is 42.6 Å². The molecule has 2 saturated heterocycles. The number of hydrogen-bond donors (Lipinski definition) is 7. The first kappa shape index (κ1) is 37.6. The second-order valence-electron chi connectivity index (χ2n) is 15.3. The van der Waals surface area contributed by atoms with Crippen LogP contribution < -0.4 is 37.3 Å². The second-order valence-corrected chi connectivity index (χ2v) is 15.3. The molecule has 4 unspecified atom stereocenters. The van der Waals surface area contributed by atoms with Gasteiger partial charge < -0.3 is 25.4 Å². The first-order valence-corrected chi connectivity index (χ1v) is 19.2. The molecular formula is C37H65N7O5+4. The summed E-state index contributed by atoms with van der Waals surface area (Å²) in [5.41, 5.74) is 3.99. The fraction of sp³-hybridized carbons (Fsp3) is 0.784. The smallest absolute Gasteiger partial charge is 0.350 e. The summed E-state index contributed by atoms with van der Waals surface area (Å²) >= 11 is 0. The highest BCUT2D eigenvalue weighted by Gasteiger charge is 2.86. The van der Waals surface area contributed by atoms with Crippen molar-refractivity contribution in [3.63, 3.8) is 0 Å². The Kier molecular flexibility index (Phi) is 12.7. The van der Waals surface area contributed by atoms with E-state index >= 15 is 0 Å². The van der Waals surface area contributed by atoms with Crippen LogP contribution in [0.15, 0.2) is 23.8 Å². The molecule has 2 heterocycles. The molecule has 0 spiro atoms. The Morgan fingerprint density at radius 3 is 2.63 bits per heavy atom. The minimum absolute atomic E-state index is 0.0791. The van der Waals surface area contributed by atoms with E-state index in [0.29, 0.717) is 43.2 Å². The van der Waals surface area contributed by atoms with Crippen LogP contribution >= 0.6 is 0 Å². The summed E-state index contributed by atoms with van der Waals surface area (Å²) in [5, 5.41) is 13.9. The molecule has 2 saturated carbocycles. The molecule has 2 aliphatic heterocycles. The molecule has 0 aromatic rings. The van der Waals surface area contributed by atoms with Crippen LogP contribution in [0.25, 0.3) is 0 Å². The minimum atomic E-state index is -1.84. The van der Waals surface area contributed by atoms with Gasteiger partial charge in [-0.25, -0.2) is 10.1 Å². The third-order valence-corrected chi connectivity index (χ3v) is 12.1. The van der Waals surface area contributed by atoms with Gasteiger partial charge in [0, 0.05) is 49.4 Å². The lowest BCUT2D eigenvalue weighted by Crippen LogP contribution is -2.98. The number of nitrogens with one attached hydrogen (secondary N) is 3. The maximum Gasteiger partial charge on any atom is 0.350 e. The number of ketones is 2. The summed E-state index contributed by atoms with van der Waals surface area (Å²) in [5.74, 6) is -0.368. The number of Topliss-reactive ketones (excluding diaryl/α,β-unsaturated/α-hetero) is 2. The number of nitrogens with two attached hydrogens (primary N) is 4. The zero-order valence-corrected chi connectivity index (χ0v) is 30.6. The standard InChI is InChI=1S/C37H61N7O5/c1-6-24-12-13-29(41-7-2)26(19-24)21-48-34(47)37-33(46)28-11-9-8-10-27(28)32(45)36(37,49-37)16-14-23(3)18-30(44-35(38)40-5)25-15-17-42-31(20-25)43-22-39-4/h12-14,24-31,39,41-43H,6-11,15-22H2,1-5H3,(H3,38,40,44)/p+4/t24-,25?,26-,27?,28?,29+,30+,31?,36-,37-/m0/s1. The SMILES string of the molecule is CC[NH2+][C@@H]1C=C[C@H](CC)C[C@H]1COC(=O)[C@]12O[C@@]1(CC=C(C)C[C@@H](NC(N)=[NH+]C)C1CC[NH2+]C(NC[NH2+]C)C1)C(=O)C1CCCCC1C2=O. The molecule has 0 amide bonds. The van der Waals surface area contributed by atoms with Gasteiger partial charge in [-0.2, -0.15) is 0 Å². The predicted molar refractivity (Wildman–Crippen MR) is 185 cm³/mol. The number of ether oxygens (including phenoxy) is 2. The van der Waals surface area contributed by atoms with Gasteiger partial charge in [-0.3, -0.25) is 25.6 Å². The highest BCUT2D eigenvalue weighted by Crippen LogP contribution is 2.61. The van der Waals surface area contributed by atoms with E-state index in [2.05, 4.69) is 71.5 Å². The number of carbonyl (C=O) groups is 3. The van der Waals surface area contributed by atoms with Gasteiger partial charge in [0.15, 0.2) is 17.2 Å². The van der Waals surface area contributed by atoms with Gasteiger partial charge in [0.25, 0.3) is 5.60 Å². The van der Waals surface area contributed by atoms with E-state index in [1.165, 1.54) is 0 Å². The van der Waals surface area contributed by atoms with E-state index < -0.39 is 29.0 Å². The molecule has 0 aromatic heterocycles. The molecule has 11 N–H and O–H groups in total. The number of esters is 1. The topological polar surface area (TPSA) is 187 Å². The summed E-state index contributed by atoms with van der Waals surface area (Å²) in [6, 6.07) is 0.296.